The van der Waals surface area contributed by atoms with Crippen molar-refractivity contribution >= 4 is 11.9 Å². The highest BCUT2D eigenvalue weighted by atomic mass is 16.5. The summed E-state index contributed by atoms with van der Waals surface area (Å²) in [5.41, 5.74) is 1.80. The summed E-state index contributed by atoms with van der Waals surface area (Å²) < 4.78 is 5.47. The number of aliphatic carboxylic acids is 1. The summed E-state index contributed by atoms with van der Waals surface area (Å²) in [7, 11) is 0. The van der Waals surface area contributed by atoms with Crippen LogP contribution in [0.1, 0.15) is 36.8 Å². The monoisotopic (exact) mass is 364 g/mol. The molecular formula is C23H24O4. The second-order valence-corrected chi connectivity index (χ2v) is 7.13. The minimum absolute atomic E-state index is 0.301. The van der Waals surface area contributed by atoms with E-state index in [0.717, 1.165) is 11.1 Å². The number of carboxylic acids is 1. The van der Waals surface area contributed by atoms with Crippen LogP contribution in [-0.2, 0) is 14.3 Å². The molecular weight excluding hydrogens is 340 g/mol. The van der Waals surface area contributed by atoms with E-state index in [9.17, 15) is 14.7 Å². The summed E-state index contributed by atoms with van der Waals surface area (Å²) in [4.78, 5) is 25.2. The molecule has 0 spiro atoms. The Bertz CT molecular complexity index is 811. The lowest BCUT2D eigenvalue weighted by Crippen LogP contribution is -2.41. The average molecular weight is 364 g/mol. The van der Waals surface area contributed by atoms with Crippen LogP contribution >= 0.6 is 0 Å². The minimum atomic E-state index is -0.986. The van der Waals surface area contributed by atoms with Crippen LogP contribution in [0.15, 0.2) is 72.8 Å². The molecule has 1 aliphatic rings. The average Bonchev–Trinajstić information content (AvgIpc) is 2.67. The zero-order valence-electron chi connectivity index (χ0n) is 15.5. The number of rotatable bonds is 5. The van der Waals surface area contributed by atoms with Crippen LogP contribution in [0.25, 0.3) is 0 Å². The molecule has 0 bridgehead atoms. The first-order valence-corrected chi connectivity index (χ1v) is 9.20. The third-order valence-corrected chi connectivity index (χ3v) is 4.96. The van der Waals surface area contributed by atoms with Gasteiger partial charge in [-0.3, -0.25) is 9.59 Å². The standard InChI is InChI=1S/C23H24O4/c1-15(2)27-23(26)21-19(17-11-7-4-8-12-17)14-13-18(20(21)22(24)25)16-9-5-3-6-10-16/h3-15,18-21H,1-2H3,(H,24,25). The van der Waals surface area contributed by atoms with Gasteiger partial charge in [-0.2, -0.15) is 0 Å². The molecule has 4 nitrogen and oxygen atoms in total. The lowest BCUT2D eigenvalue weighted by Gasteiger charge is -2.36. The predicted octanol–water partition coefficient (Wildman–Crippen LogP) is 4.39. The number of ether oxygens (including phenoxy) is 1. The summed E-state index contributed by atoms with van der Waals surface area (Å²) >= 11 is 0. The molecule has 3 rings (SSSR count). The van der Waals surface area contributed by atoms with Crippen molar-refractivity contribution in [1.82, 2.24) is 0 Å². The molecule has 0 aliphatic heterocycles. The van der Waals surface area contributed by atoms with Gasteiger partial charge in [0.05, 0.1) is 17.9 Å². The summed E-state index contributed by atoms with van der Waals surface area (Å²) in [6, 6.07) is 19.0. The molecule has 140 valence electrons. The van der Waals surface area contributed by atoms with E-state index in [2.05, 4.69) is 0 Å². The van der Waals surface area contributed by atoms with Gasteiger partial charge in [-0.15, -0.1) is 0 Å². The fourth-order valence-corrected chi connectivity index (χ4v) is 3.82. The Morgan fingerprint density at radius 2 is 1.26 bits per heavy atom. The first-order valence-electron chi connectivity index (χ1n) is 9.20. The van der Waals surface area contributed by atoms with Crippen LogP contribution in [0.5, 0.6) is 0 Å². The van der Waals surface area contributed by atoms with Gasteiger partial charge in [0.15, 0.2) is 0 Å². The third kappa shape index (κ3) is 4.11. The van der Waals surface area contributed by atoms with Crippen molar-refractivity contribution < 1.29 is 19.4 Å². The van der Waals surface area contributed by atoms with Crippen LogP contribution in [-0.4, -0.2) is 23.1 Å². The summed E-state index contributed by atoms with van der Waals surface area (Å²) in [6.07, 6.45) is 3.58. The zero-order valence-corrected chi connectivity index (χ0v) is 15.5. The van der Waals surface area contributed by atoms with Crippen molar-refractivity contribution in [3.63, 3.8) is 0 Å². The van der Waals surface area contributed by atoms with Crippen LogP contribution in [0.4, 0.5) is 0 Å². The molecule has 4 heteroatoms. The maximum Gasteiger partial charge on any atom is 0.311 e. The smallest absolute Gasteiger partial charge is 0.311 e. The molecule has 0 heterocycles. The summed E-state index contributed by atoms with van der Waals surface area (Å²) in [6.45, 7) is 3.55. The number of benzene rings is 2. The van der Waals surface area contributed by atoms with Gasteiger partial charge in [0.1, 0.15) is 0 Å². The molecule has 0 saturated heterocycles. The highest BCUT2D eigenvalue weighted by Crippen LogP contribution is 2.45. The maximum atomic E-state index is 13.0. The number of hydrogen-bond donors (Lipinski definition) is 1. The van der Waals surface area contributed by atoms with Crippen molar-refractivity contribution in [3.8, 4) is 0 Å². The van der Waals surface area contributed by atoms with Crippen molar-refractivity contribution in [3.05, 3.63) is 83.9 Å². The van der Waals surface area contributed by atoms with Gasteiger partial charge in [0, 0.05) is 11.8 Å². The van der Waals surface area contributed by atoms with E-state index in [1.165, 1.54) is 0 Å². The van der Waals surface area contributed by atoms with E-state index in [1.807, 2.05) is 72.8 Å². The van der Waals surface area contributed by atoms with Gasteiger partial charge in [-0.1, -0.05) is 72.8 Å². The zero-order chi connectivity index (χ0) is 19.4. The van der Waals surface area contributed by atoms with Gasteiger partial charge in [0.2, 0.25) is 0 Å². The van der Waals surface area contributed by atoms with E-state index < -0.39 is 23.8 Å². The second kappa shape index (κ2) is 8.21. The number of hydrogen-bond acceptors (Lipinski definition) is 3. The van der Waals surface area contributed by atoms with Crippen LogP contribution in [0, 0.1) is 11.8 Å². The van der Waals surface area contributed by atoms with Gasteiger partial charge >= 0.3 is 11.9 Å². The number of carbonyl (C=O) groups excluding carboxylic acids is 1. The lowest BCUT2D eigenvalue weighted by molar-refractivity contribution is -0.162. The summed E-state index contributed by atoms with van der Waals surface area (Å²) in [5.74, 6) is -3.85. The Labute approximate surface area is 159 Å². The molecule has 4 atom stereocenters. The van der Waals surface area contributed by atoms with Crippen LogP contribution in [0.3, 0.4) is 0 Å². The van der Waals surface area contributed by atoms with E-state index in [1.54, 1.807) is 13.8 Å². The fourth-order valence-electron chi connectivity index (χ4n) is 3.82. The number of carboxylic acid groups (broad SMARTS) is 1. The predicted molar refractivity (Wildman–Crippen MR) is 103 cm³/mol. The van der Waals surface area contributed by atoms with Gasteiger partial charge in [-0.25, -0.2) is 0 Å². The molecule has 2 aromatic carbocycles. The molecule has 0 aromatic heterocycles. The molecule has 1 N–H and O–H groups in total. The maximum absolute atomic E-state index is 13.0. The Morgan fingerprint density at radius 3 is 1.67 bits per heavy atom. The molecule has 4 unspecified atom stereocenters. The van der Waals surface area contributed by atoms with E-state index in [0.29, 0.717) is 0 Å². The Morgan fingerprint density at radius 1 is 0.815 bits per heavy atom. The number of carbonyl (C=O) groups is 2. The lowest BCUT2D eigenvalue weighted by atomic mass is 9.66. The largest absolute Gasteiger partial charge is 0.481 e. The molecule has 2 aromatic rings. The Hall–Kier alpha value is -2.88. The van der Waals surface area contributed by atoms with Gasteiger partial charge in [0.25, 0.3) is 0 Å². The van der Waals surface area contributed by atoms with Crippen molar-refractivity contribution in [2.24, 2.45) is 11.8 Å². The van der Waals surface area contributed by atoms with Crippen LogP contribution < -0.4 is 0 Å². The fraction of sp³-hybridized carbons (Fsp3) is 0.304. The molecule has 0 fully saturated rings. The molecule has 1 aliphatic carbocycles. The topological polar surface area (TPSA) is 63.6 Å². The minimum Gasteiger partial charge on any atom is -0.481 e. The van der Waals surface area contributed by atoms with Crippen LogP contribution in [0.2, 0.25) is 0 Å². The van der Waals surface area contributed by atoms with Gasteiger partial charge < -0.3 is 9.84 Å². The number of allylic oxidation sites excluding steroid dienone is 2. The highest BCUT2D eigenvalue weighted by Gasteiger charge is 2.47. The quantitative estimate of drug-likeness (QED) is 0.631. The second-order valence-electron chi connectivity index (χ2n) is 7.13. The molecule has 27 heavy (non-hydrogen) atoms. The van der Waals surface area contributed by atoms with Crippen molar-refractivity contribution in [2.75, 3.05) is 0 Å². The van der Waals surface area contributed by atoms with E-state index in [4.69, 9.17) is 4.74 Å². The van der Waals surface area contributed by atoms with Gasteiger partial charge in [-0.05, 0) is 25.0 Å². The third-order valence-electron chi connectivity index (χ3n) is 4.96. The molecule has 0 saturated carbocycles. The Balaban J connectivity index is 2.09. The molecule has 0 amide bonds. The first kappa shape index (κ1) is 18.9. The Kier molecular flexibility index (Phi) is 5.75. The summed E-state index contributed by atoms with van der Waals surface area (Å²) in [5, 5.41) is 10.0. The van der Waals surface area contributed by atoms with E-state index >= 15 is 0 Å². The number of esters is 1. The van der Waals surface area contributed by atoms with Crippen molar-refractivity contribution in [2.45, 2.75) is 31.8 Å². The van der Waals surface area contributed by atoms with E-state index in [-0.39, 0.29) is 17.9 Å². The first-order chi connectivity index (χ1) is 13.0. The molecule has 0 radical (unpaired) electrons. The highest BCUT2D eigenvalue weighted by molar-refractivity contribution is 5.84. The van der Waals surface area contributed by atoms with Crippen molar-refractivity contribution in [1.29, 1.82) is 0 Å². The normalized spacial score (nSPS) is 24.6. The SMILES string of the molecule is CC(C)OC(=O)C1C(c2ccccc2)C=CC(c2ccccc2)C1C(=O)O.